The van der Waals surface area contributed by atoms with Gasteiger partial charge >= 0.3 is 0 Å². The molecule has 92 valence electrons. The van der Waals surface area contributed by atoms with Crippen LogP contribution in [0, 0.1) is 8.99 Å². The fraction of sp³-hybridized carbons (Fsp3) is 0.417. The number of nitrogens with one attached hydrogen (secondary N) is 1. The largest absolute Gasteiger partial charge is 0.329 e. The lowest BCUT2D eigenvalue weighted by atomic mass is 9.68. The standard InChI is InChI=1S/C12H14ClIN2O/c13-9-6-8(14)2-3-10(9)16-11(17)12(7-15)4-1-5-12/h2-3,6H,1,4-5,7,15H2,(H,16,17). The van der Waals surface area contributed by atoms with E-state index >= 15 is 0 Å². The molecular formula is C12H14ClIN2O. The van der Waals surface area contributed by atoms with Gasteiger partial charge in [-0.05, 0) is 53.6 Å². The summed E-state index contributed by atoms with van der Waals surface area (Å²) in [5.41, 5.74) is 5.99. The summed E-state index contributed by atoms with van der Waals surface area (Å²) in [6, 6.07) is 5.57. The van der Waals surface area contributed by atoms with Crippen LogP contribution >= 0.6 is 34.2 Å². The maximum atomic E-state index is 12.1. The average molecular weight is 365 g/mol. The van der Waals surface area contributed by atoms with Gasteiger partial charge < -0.3 is 11.1 Å². The number of hydrogen-bond acceptors (Lipinski definition) is 2. The molecule has 0 aromatic heterocycles. The van der Waals surface area contributed by atoms with Crippen molar-refractivity contribution < 1.29 is 4.79 Å². The Labute approximate surface area is 119 Å². The fourth-order valence-corrected chi connectivity index (χ4v) is 2.88. The van der Waals surface area contributed by atoms with Gasteiger partial charge in [-0.1, -0.05) is 18.0 Å². The first-order valence-electron chi connectivity index (χ1n) is 5.54. The minimum atomic E-state index is -0.369. The van der Waals surface area contributed by atoms with Crippen LogP contribution < -0.4 is 11.1 Å². The van der Waals surface area contributed by atoms with Crippen LogP contribution in [0.4, 0.5) is 5.69 Å². The quantitative estimate of drug-likeness (QED) is 0.810. The lowest BCUT2D eigenvalue weighted by molar-refractivity contribution is -0.129. The second kappa shape index (κ2) is 5.12. The summed E-state index contributed by atoms with van der Waals surface area (Å²) in [5.74, 6) is -0.00522. The summed E-state index contributed by atoms with van der Waals surface area (Å²) in [4.78, 5) is 12.1. The molecule has 3 N–H and O–H groups in total. The van der Waals surface area contributed by atoms with Gasteiger partial charge in [0.2, 0.25) is 5.91 Å². The highest BCUT2D eigenvalue weighted by Gasteiger charge is 2.42. The fourth-order valence-electron chi connectivity index (χ4n) is 1.97. The first-order valence-corrected chi connectivity index (χ1v) is 7.00. The molecule has 2 rings (SSSR count). The summed E-state index contributed by atoms with van der Waals surface area (Å²) in [6.07, 6.45) is 2.82. The SMILES string of the molecule is NCC1(C(=O)Nc2ccc(I)cc2Cl)CCC1. The molecule has 0 aliphatic heterocycles. The van der Waals surface area contributed by atoms with Gasteiger partial charge in [-0.2, -0.15) is 0 Å². The van der Waals surface area contributed by atoms with E-state index in [1.165, 1.54) is 0 Å². The molecule has 0 atom stereocenters. The highest BCUT2D eigenvalue weighted by atomic mass is 127. The van der Waals surface area contributed by atoms with Crippen LogP contribution in [0.15, 0.2) is 18.2 Å². The number of hydrogen-bond donors (Lipinski definition) is 2. The smallest absolute Gasteiger partial charge is 0.231 e. The van der Waals surface area contributed by atoms with E-state index in [0.717, 1.165) is 22.8 Å². The molecule has 3 nitrogen and oxygen atoms in total. The second-order valence-electron chi connectivity index (χ2n) is 4.42. The van der Waals surface area contributed by atoms with Crippen molar-refractivity contribution in [1.29, 1.82) is 0 Å². The molecule has 0 spiro atoms. The number of benzene rings is 1. The van der Waals surface area contributed by atoms with E-state index in [4.69, 9.17) is 17.3 Å². The molecule has 0 unspecified atom stereocenters. The summed E-state index contributed by atoms with van der Waals surface area (Å²) < 4.78 is 1.04. The predicted octanol–water partition coefficient (Wildman–Crippen LogP) is 3.01. The van der Waals surface area contributed by atoms with E-state index in [9.17, 15) is 4.79 Å². The first-order chi connectivity index (χ1) is 8.07. The lowest BCUT2D eigenvalue weighted by Crippen LogP contribution is -2.47. The summed E-state index contributed by atoms with van der Waals surface area (Å²) >= 11 is 8.26. The molecular weight excluding hydrogens is 351 g/mol. The Kier molecular flexibility index (Phi) is 3.95. The Morgan fingerprint density at radius 2 is 2.24 bits per heavy atom. The van der Waals surface area contributed by atoms with Crippen LogP contribution in [0.2, 0.25) is 5.02 Å². The molecule has 1 aliphatic carbocycles. The molecule has 0 heterocycles. The third kappa shape index (κ3) is 2.58. The summed E-state index contributed by atoms with van der Waals surface area (Å²) in [6.45, 7) is 0.404. The maximum absolute atomic E-state index is 12.1. The van der Waals surface area contributed by atoms with Gasteiger partial charge in [-0.25, -0.2) is 0 Å². The van der Waals surface area contributed by atoms with Crippen molar-refractivity contribution in [2.45, 2.75) is 19.3 Å². The Hall–Kier alpha value is -0.330. The summed E-state index contributed by atoms with van der Waals surface area (Å²) in [5, 5.41) is 3.44. The molecule has 1 amide bonds. The zero-order valence-electron chi connectivity index (χ0n) is 9.30. The van der Waals surface area contributed by atoms with Gasteiger partial charge in [-0.3, -0.25) is 4.79 Å². The van der Waals surface area contributed by atoms with Crippen molar-refractivity contribution in [2.75, 3.05) is 11.9 Å². The van der Waals surface area contributed by atoms with E-state index in [-0.39, 0.29) is 11.3 Å². The van der Waals surface area contributed by atoms with Crippen molar-refractivity contribution in [1.82, 2.24) is 0 Å². The monoisotopic (exact) mass is 364 g/mol. The third-order valence-corrected chi connectivity index (χ3v) is 4.35. The molecule has 1 aliphatic rings. The van der Waals surface area contributed by atoms with Crippen LogP contribution in [0.1, 0.15) is 19.3 Å². The van der Waals surface area contributed by atoms with Crippen molar-refractivity contribution >= 4 is 45.8 Å². The number of rotatable bonds is 3. The van der Waals surface area contributed by atoms with Gasteiger partial charge in [0.25, 0.3) is 0 Å². The topological polar surface area (TPSA) is 55.1 Å². The number of anilines is 1. The Morgan fingerprint density at radius 3 is 2.71 bits per heavy atom. The van der Waals surface area contributed by atoms with Crippen LogP contribution in [-0.4, -0.2) is 12.5 Å². The van der Waals surface area contributed by atoms with Gasteiger partial charge in [0.05, 0.1) is 16.1 Å². The molecule has 0 bridgehead atoms. The number of carbonyl (C=O) groups excluding carboxylic acids is 1. The molecule has 1 fully saturated rings. The number of halogens is 2. The third-order valence-electron chi connectivity index (χ3n) is 3.36. The van der Waals surface area contributed by atoms with Crippen LogP contribution in [0.3, 0.4) is 0 Å². The molecule has 1 aromatic rings. The highest BCUT2D eigenvalue weighted by Crippen LogP contribution is 2.41. The molecule has 1 aromatic carbocycles. The van der Waals surface area contributed by atoms with Crippen LogP contribution in [0.5, 0.6) is 0 Å². The Morgan fingerprint density at radius 1 is 1.53 bits per heavy atom. The number of carbonyl (C=O) groups is 1. The predicted molar refractivity (Wildman–Crippen MR) is 78.1 cm³/mol. The van der Waals surface area contributed by atoms with E-state index in [0.29, 0.717) is 17.3 Å². The molecule has 1 saturated carbocycles. The van der Waals surface area contributed by atoms with Crippen LogP contribution in [-0.2, 0) is 4.79 Å². The van der Waals surface area contributed by atoms with Gasteiger partial charge in [0.15, 0.2) is 0 Å². The van der Waals surface area contributed by atoms with Crippen molar-refractivity contribution in [2.24, 2.45) is 11.1 Å². The van der Waals surface area contributed by atoms with E-state index in [1.807, 2.05) is 18.2 Å². The van der Waals surface area contributed by atoms with E-state index in [2.05, 4.69) is 27.9 Å². The molecule has 17 heavy (non-hydrogen) atoms. The van der Waals surface area contributed by atoms with E-state index in [1.54, 1.807) is 0 Å². The minimum absolute atomic E-state index is 0.00522. The van der Waals surface area contributed by atoms with Crippen LogP contribution in [0.25, 0.3) is 0 Å². The van der Waals surface area contributed by atoms with Crippen molar-refractivity contribution in [3.8, 4) is 0 Å². The highest BCUT2D eigenvalue weighted by molar-refractivity contribution is 14.1. The normalized spacial score (nSPS) is 17.4. The van der Waals surface area contributed by atoms with Crippen molar-refractivity contribution in [3.05, 3.63) is 26.8 Å². The molecule has 5 heteroatoms. The van der Waals surface area contributed by atoms with Gasteiger partial charge in [0.1, 0.15) is 0 Å². The summed E-state index contributed by atoms with van der Waals surface area (Å²) in [7, 11) is 0. The minimum Gasteiger partial charge on any atom is -0.329 e. The Bertz CT molecular complexity index is 441. The maximum Gasteiger partial charge on any atom is 0.231 e. The Balaban J connectivity index is 2.13. The van der Waals surface area contributed by atoms with E-state index < -0.39 is 0 Å². The van der Waals surface area contributed by atoms with Crippen molar-refractivity contribution in [3.63, 3.8) is 0 Å². The first kappa shape index (κ1) is 13.1. The zero-order chi connectivity index (χ0) is 12.5. The second-order valence-corrected chi connectivity index (χ2v) is 6.07. The lowest BCUT2D eigenvalue weighted by Gasteiger charge is -2.39. The van der Waals surface area contributed by atoms with Gasteiger partial charge in [-0.15, -0.1) is 0 Å². The average Bonchev–Trinajstić information content (AvgIpc) is 2.21. The number of amides is 1. The zero-order valence-corrected chi connectivity index (χ0v) is 12.2. The molecule has 0 radical (unpaired) electrons. The number of nitrogens with two attached hydrogens (primary N) is 1. The van der Waals surface area contributed by atoms with Gasteiger partial charge in [0, 0.05) is 10.1 Å². The molecule has 0 saturated heterocycles.